The van der Waals surface area contributed by atoms with Crippen LogP contribution in [0.2, 0.25) is 0 Å². The largest absolute Gasteiger partial charge is 0.465 e. The quantitative estimate of drug-likeness (QED) is 0.381. The Morgan fingerprint density at radius 1 is 1.18 bits per heavy atom. The van der Waals surface area contributed by atoms with Gasteiger partial charge in [-0.2, -0.15) is 0 Å². The molecule has 7 nitrogen and oxygen atoms in total. The zero-order valence-electron chi connectivity index (χ0n) is 18.8. The number of likely N-dealkylation sites (tertiary alicyclic amines) is 1. The normalized spacial score (nSPS) is 16.4. The van der Waals surface area contributed by atoms with E-state index in [2.05, 4.69) is 40.5 Å². The van der Waals surface area contributed by atoms with E-state index in [-0.39, 0.29) is 5.76 Å². The molecule has 0 spiro atoms. The van der Waals surface area contributed by atoms with Gasteiger partial charge in [0.2, 0.25) is 0 Å². The Hall–Kier alpha value is -3.49. The molecule has 8 heteroatoms. The molecule has 1 amide bonds. The highest BCUT2D eigenvalue weighted by Gasteiger charge is 2.25. The van der Waals surface area contributed by atoms with E-state index in [1.165, 1.54) is 36.7 Å². The van der Waals surface area contributed by atoms with Crippen LogP contribution in [0.4, 0.5) is 5.69 Å². The molecular weight excluding hydrogens is 450 g/mol. The van der Waals surface area contributed by atoms with Gasteiger partial charge in [-0.3, -0.25) is 9.69 Å². The fourth-order valence-electron chi connectivity index (χ4n) is 4.47. The first kappa shape index (κ1) is 22.3. The van der Waals surface area contributed by atoms with E-state index in [1.807, 2.05) is 12.1 Å². The number of furan rings is 1. The number of ether oxygens (including phenoxy) is 1. The summed E-state index contributed by atoms with van der Waals surface area (Å²) in [5.41, 5.74) is 2.71. The van der Waals surface area contributed by atoms with Crippen molar-refractivity contribution in [1.29, 1.82) is 0 Å². The van der Waals surface area contributed by atoms with Crippen LogP contribution < -0.4 is 5.32 Å². The number of piperidine rings is 1. The Bertz CT molecular complexity index is 1300. The molecule has 174 valence electrons. The van der Waals surface area contributed by atoms with Gasteiger partial charge in [-0.15, -0.1) is 11.3 Å². The van der Waals surface area contributed by atoms with Crippen LogP contribution in [0.3, 0.4) is 0 Å². The van der Waals surface area contributed by atoms with Gasteiger partial charge in [0.25, 0.3) is 5.91 Å². The number of pyridine rings is 1. The predicted octanol–water partition coefficient (Wildman–Crippen LogP) is 5.31. The number of hydrogen-bond acceptors (Lipinski definition) is 7. The number of methoxy groups -OCH3 is 1. The van der Waals surface area contributed by atoms with Crippen LogP contribution >= 0.6 is 11.3 Å². The average molecular weight is 476 g/mol. The molecule has 4 aromatic rings. The molecule has 3 aromatic heterocycles. The lowest BCUT2D eigenvalue weighted by molar-refractivity contribution is 0.0607. The van der Waals surface area contributed by atoms with Crippen LogP contribution in [0.25, 0.3) is 10.2 Å². The minimum atomic E-state index is -0.513. The number of hydrogen-bond donors (Lipinski definition) is 1. The van der Waals surface area contributed by atoms with E-state index < -0.39 is 11.9 Å². The van der Waals surface area contributed by atoms with Gasteiger partial charge in [0.1, 0.15) is 9.71 Å². The van der Waals surface area contributed by atoms with Gasteiger partial charge in [-0.1, -0.05) is 30.3 Å². The smallest absolute Gasteiger partial charge is 0.350 e. The number of carbonyl (C=O) groups excluding carboxylic acids is 2. The molecule has 0 radical (unpaired) electrons. The second-order valence-electron chi connectivity index (χ2n) is 8.37. The van der Waals surface area contributed by atoms with Gasteiger partial charge in [0.05, 0.1) is 24.8 Å². The first-order valence-electron chi connectivity index (χ1n) is 11.3. The number of anilines is 1. The molecule has 1 aliphatic rings. The summed E-state index contributed by atoms with van der Waals surface area (Å²) in [7, 11) is 1.32. The Balaban J connectivity index is 1.38. The Morgan fingerprint density at radius 2 is 2.03 bits per heavy atom. The van der Waals surface area contributed by atoms with Crippen LogP contribution in [0, 0.1) is 0 Å². The number of rotatable bonds is 6. The topological polar surface area (TPSA) is 84.7 Å². The van der Waals surface area contributed by atoms with Gasteiger partial charge in [-0.25, -0.2) is 9.78 Å². The van der Waals surface area contributed by atoms with Gasteiger partial charge >= 0.3 is 5.97 Å². The third kappa shape index (κ3) is 4.60. The fraction of sp³-hybridized carbons (Fsp3) is 0.269. The summed E-state index contributed by atoms with van der Waals surface area (Å²) in [4.78, 5) is 33.3. The third-order valence-electron chi connectivity index (χ3n) is 6.13. The van der Waals surface area contributed by atoms with E-state index in [0.29, 0.717) is 26.7 Å². The van der Waals surface area contributed by atoms with Crippen LogP contribution in [-0.4, -0.2) is 42.0 Å². The molecule has 0 bridgehead atoms. The number of fused-ring (bicyclic) bond motifs is 1. The van der Waals surface area contributed by atoms with Crippen molar-refractivity contribution in [2.75, 3.05) is 25.5 Å². The lowest BCUT2D eigenvalue weighted by atomic mass is 9.90. The average Bonchev–Trinajstić information content (AvgIpc) is 3.53. The summed E-state index contributed by atoms with van der Waals surface area (Å²) < 4.78 is 10.1. The number of thiophene rings is 1. The zero-order valence-corrected chi connectivity index (χ0v) is 19.6. The number of esters is 1. The Labute approximate surface area is 201 Å². The number of carbonyl (C=O) groups is 2. The molecule has 1 atom stereocenters. The second-order valence-corrected chi connectivity index (χ2v) is 9.37. The van der Waals surface area contributed by atoms with E-state index in [9.17, 15) is 9.59 Å². The summed E-state index contributed by atoms with van der Waals surface area (Å²) in [6.07, 6.45) is 3.77. The van der Waals surface area contributed by atoms with Crippen LogP contribution in [0.5, 0.6) is 0 Å². The van der Waals surface area contributed by atoms with Crippen molar-refractivity contribution < 1.29 is 18.7 Å². The van der Waals surface area contributed by atoms with E-state index >= 15 is 0 Å². The molecule has 1 aromatic carbocycles. The highest BCUT2D eigenvalue weighted by atomic mass is 32.1. The van der Waals surface area contributed by atoms with Gasteiger partial charge < -0.3 is 14.5 Å². The molecule has 5 rings (SSSR count). The second kappa shape index (κ2) is 9.79. The van der Waals surface area contributed by atoms with Crippen molar-refractivity contribution in [3.63, 3.8) is 0 Å². The van der Waals surface area contributed by atoms with E-state index in [4.69, 9.17) is 14.1 Å². The standard InChI is InChI=1S/C26H25N3O4S/c1-32-26(31)23-22(28-24(30)21-10-6-14-33-21)20-12-11-19(27-25(20)34-23)16-29-13-5-9-18(15-29)17-7-3-2-4-8-17/h2-4,6-8,10-12,14,18H,5,9,13,15-16H2,1H3,(H,28,30). The lowest BCUT2D eigenvalue weighted by Gasteiger charge is -2.32. The molecule has 1 fully saturated rings. The monoisotopic (exact) mass is 475 g/mol. The van der Waals surface area contributed by atoms with Gasteiger partial charge in [0, 0.05) is 18.5 Å². The van der Waals surface area contributed by atoms with E-state index in [1.54, 1.807) is 12.1 Å². The van der Waals surface area contributed by atoms with Crippen LogP contribution in [0.15, 0.2) is 65.3 Å². The summed E-state index contributed by atoms with van der Waals surface area (Å²) in [6.45, 7) is 2.76. The summed E-state index contributed by atoms with van der Waals surface area (Å²) in [6, 6.07) is 17.7. The highest BCUT2D eigenvalue weighted by Crippen LogP contribution is 2.36. The van der Waals surface area contributed by atoms with Gasteiger partial charge in [-0.05, 0) is 55.1 Å². The lowest BCUT2D eigenvalue weighted by Crippen LogP contribution is -2.34. The molecule has 0 saturated carbocycles. The van der Waals surface area contributed by atoms with E-state index in [0.717, 1.165) is 31.7 Å². The van der Waals surface area contributed by atoms with Gasteiger partial charge in [0.15, 0.2) is 5.76 Å². The SMILES string of the molecule is COC(=O)c1sc2nc(CN3CCCC(c4ccccc4)C3)ccc2c1NC(=O)c1ccco1. The number of aromatic nitrogens is 1. The maximum atomic E-state index is 12.6. The van der Waals surface area contributed by atoms with Crippen molar-refractivity contribution in [2.45, 2.75) is 25.3 Å². The fourth-order valence-corrected chi connectivity index (χ4v) is 5.54. The zero-order chi connectivity index (χ0) is 23.5. The summed E-state index contributed by atoms with van der Waals surface area (Å²) >= 11 is 1.22. The van der Waals surface area contributed by atoms with Crippen LogP contribution in [0.1, 0.15) is 50.2 Å². The first-order chi connectivity index (χ1) is 16.6. The minimum absolute atomic E-state index is 0.165. The number of nitrogens with one attached hydrogen (secondary N) is 1. The molecule has 1 unspecified atom stereocenters. The van der Waals surface area contributed by atoms with Crippen molar-refractivity contribution in [3.05, 3.63) is 82.8 Å². The molecule has 1 saturated heterocycles. The van der Waals surface area contributed by atoms with Crippen LogP contribution in [-0.2, 0) is 11.3 Å². The summed E-state index contributed by atoms with van der Waals surface area (Å²) in [5.74, 6) is -0.257. The Morgan fingerprint density at radius 3 is 2.79 bits per heavy atom. The number of benzene rings is 1. The maximum absolute atomic E-state index is 12.6. The molecular formula is C26H25N3O4S. The van der Waals surface area contributed by atoms with Crippen molar-refractivity contribution in [2.24, 2.45) is 0 Å². The molecule has 0 aliphatic carbocycles. The van der Waals surface area contributed by atoms with Crippen molar-refractivity contribution >= 4 is 39.1 Å². The van der Waals surface area contributed by atoms with Crippen molar-refractivity contribution in [3.8, 4) is 0 Å². The predicted molar refractivity (Wildman–Crippen MR) is 131 cm³/mol. The summed E-state index contributed by atoms with van der Waals surface area (Å²) in [5, 5.41) is 3.51. The van der Waals surface area contributed by atoms with Crippen molar-refractivity contribution in [1.82, 2.24) is 9.88 Å². The third-order valence-corrected chi connectivity index (χ3v) is 7.21. The molecule has 4 heterocycles. The Kier molecular flexibility index (Phi) is 6.42. The maximum Gasteiger partial charge on any atom is 0.350 e. The number of nitrogens with zero attached hydrogens (tertiary/aromatic N) is 2. The minimum Gasteiger partial charge on any atom is -0.465 e. The number of amides is 1. The molecule has 1 aliphatic heterocycles. The molecule has 34 heavy (non-hydrogen) atoms. The molecule has 1 N–H and O–H groups in total. The first-order valence-corrected chi connectivity index (χ1v) is 12.1. The highest BCUT2D eigenvalue weighted by molar-refractivity contribution is 7.21.